The van der Waals surface area contributed by atoms with Gasteiger partial charge in [-0.2, -0.15) is 0 Å². The maximum atomic E-state index is 3.61. The van der Waals surface area contributed by atoms with Crippen molar-refractivity contribution in [1.82, 2.24) is 10.2 Å². The monoisotopic (exact) mass is 196 g/mol. The van der Waals surface area contributed by atoms with Gasteiger partial charge in [0.25, 0.3) is 0 Å². The number of nitrogens with one attached hydrogen (secondary N) is 1. The van der Waals surface area contributed by atoms with Crippen molar-refractivity contribution in [3.63, 3.8) is 0 Å². The van der Waals surface area contributed by atoms with E-state index in [1.54, 1.807) is 0 Å². The average Bonchev–Trinajstić information content (AvgIpc) is 2.19. The van der Waals surface area contributed by atoms with Gasteiger partial charge in [0.05, 0.1) is 0 Å². The lowest BCUT2D eigenvalue weighted by Crippen LogP contribution is -2.58. The fraction of sp³-hybridized carbons (Fsp3) is 0.833. The zero-order chi connectivity index (χ0) is 10.4. The van der Waals surface area contributed by atoms with Crippen LogP contribution in [0.2, 0.25) is 0 Å². The highest BCUT2D eigenvalue weighted by molar-refractivity contribution is 4.90. The van der Waals surface area contributed by atoms with E-state index in [9.17, 15) is 0 Å². The molecule has 14 heavy (non-hydrogen) atoms. The molecule has 0 bridgehead atoms. The van der Waals surface area contributed by atoms with Gasteiger partial charge in [0, 0.05) is 31.7 Å². The van der Waals surface area contributed by atoms with Crippen molar-refractivity contribution in [3.05, 3.63) is 12.2 Å². The number of hydrogen-bond acceptors (Lipinski definition) is 2. The van der Waals surface area contributed by atoms with Crippen LogP contribution in [0.4, 0.5) is 0 Å². The summed E-state index contributed by atoms with van der Waals surface area (Å²) in [5, 5.41) is 3.61. The predicted molar refractivity (Wildman–Crippen MR) is 62.6 cm³/mol. The Hall–Kier alpha value is -0.340. The molecule has 82 valence electrons. The van der Waals surface area contributed by atoms with Gasteiger partial charge in [-0.05, 0) is 26.7 Å². The van der Waals surface area contributed by atoms with Crippen molar-refractivity contribution >= 4 is 0 Å². The molecule has 1 aliphatic heterocycles. The van der Waals surface area contributed by atoms with Gasteiger partial charge in [-0.3, -0.25) is 4.90 Å². The molecule has 0 radical (unpaired) electrons. The second kappa shape index (κ2) is 5.52. The van der Waals surface area contributed by atoms with Gasteiger partial charge in [-0.25, -0.2) is 0 Å². The highest BCUT2D eigenvalue weighted by Gasteiger charge is 2.27. The van der Waals surface area contributed by atoms with Gasteiger partial charge >= 0.3 is 0 Å². The molecule has 0 spiro atoms. The van der Waals surface area contributed by atoms with E-state index in [1.165, 1.54) is 32.5 Å². The fourth-order valence-corrected chi connectivity index (χ4v) is 2.00. The van der Waals surface area contributed by atoms with E-state index in [0.717, 1.165) is 6.54 Å². The van der Waals surface area contributed by atoms with Crippen LogP contribution in [0.25, 0.3) is 0 Å². The van der Waals surface area contributed by atoms with Crippen molar-refractivity contribution < 1.29 is 0 Å². The Morgan fingerprint density at radius 1 is 1.50 bits per heavy atom. The van der Waals surface area contributed by atoms with E-state index < -0.39 is 0 Å². The Balaban J connectivity index is 2.32. The van der Waals surface area contributed by atoms with Gasteiger partial charge in [0.1, 0.15) is 0 Å². The largest absolute Gasteiger partial charge is 0.309 e. The molecule has 1 atom stereocenters. The van der Waals surface area contributed by atoms with Gasteiger partial charge in [0.2, 0.25) is 0 Å². The van der Waals surface area contributed by atoms with Gasteiger partial charge < -0.3 is 5.32 Å². The van der Waals surface area contributed by atoms with Crippen LogP contribution < -0.4 is 5.32 Å². The number of nitrogens with zero attached hydrogens (tertiary/aromatic N) is 1. The van der Waals surface area contributed by atoms with Crippen LogP contribution in [0.1, 0.15) is 33.6 Å². The van der Waals surface area contributed by atoms with Crippen LogP contribution in [0.5, 0.6) is 0 Å². The van der Waals surface area contributed by atoms with Crippen molar-refractivity contribution in [2.45, 2.75) is 39.2 Å². The molecule has 1 heterocycles. The molecule has 1 N–H and O–H groups in total. The summed E-state index contributed by atoms with van der Waals surface area (Å²) in [6.45, 7) is 11.4. The minimum atomic E-state index is 0.341. The molecule has 1 unspecified atom stereocenters. The average molecular weight is 196 g/mol. The van der Waals surface area contributed by atoms with Crippen LogP contribution in [0.3, 0.4) is 0 Å². The second-order valence-corrected chi connectivity index (χ2v) is 4.47. The van der Waals surface area contributed by atoms with Crippen LogP contribution in [0.15, 0.2) is 12.2 Å². The first-order valence-corrected chi connectivity index (χ1v) is 5.79. The second-order valence-electron chi connectivity index (χ2n) is 4.47. The molecule has 2 heteroatoms. The minimum absolute atomic E-state index is 0.341. The molecule has 1 aliphatic rings. The smallest absolute Gasteiger partial charge is 0.0278 e. The predicted octanol–water partition coefficient (Wildman–Crippen LogP) is 2.03. The summed E-state index contributed by atoms with van der Waals surface area (Å²) in [5.74, 6) is 0. The molecule has 0 amide bonds. The molecule has 1 fully saturated rings. The summed E-state index contributed by atoms with van der Waals surface area (Å²) < 4.78 is 0. The molecule has 0 aromatic heterocycles. The van der Waals surface area contributed by atoms with E-state index in [1.807, 2.05) is 0 Å². The summed E-state index contributed by atoms with van der Waals surface area (Å²) in [4.78, 5) is 2.57. The Bertz CT molecular complexity index is 189. The molecular formula is C12H24N2. The standard InChI is InChI=1S/C12H24N2/c1-4-6-7-9-14-10-8-13-12(3,5-2)11-14/h4,6,13H,5,7-11H2,1-3H3/b6-4+. The van der Waals surface area contributed by atoms with Gasteiger partial charge in [-0.1, -0.05) is 19.1 Å². The normalized spacial score (nSPS) is 29.9. The number of hydrogen-bond donors (Lipinski definition) is 1. The van der Waals surface area contributed by atoms with Crippen LogP contribution in [0, 0.1) is 0 Å². The third-order valence-corrected chi connectivity index (χ3v) is 3.18. The third-order valence-electron chi connectivity index (χ3n) is 3.18. The first-order chi connectivity index (χ1) is 6.70. The molecule has 0 aromatic rings. The van der Waals surface area contributed by atoms with Crippen molar-refractivity contribution in [2.75, 3.05) is 26.2 Å². The lowest BCUT2D eigenvalue weighted by molar-refractivity contribution is 0.142. The summed E-state index contributed by atoms with van der Waals surface area (Å²) in [7, 11) is 0. The first-order valence-electron chi connectivity index (χ1n) is 5.79. The Morgan fingerprint density at radius 2 is 2.29 bits per heavy atom. The lowest BCUT2D eigenvalue weighted by atomic mass is 9.96. The number of piperazine rings is 1. The highest BCUT2D eigenvalue weighted by atomic mass is 15.2. The maximum absolute atomic E-state index is 3.61. The SMILES string of the molecule is C/C=C/CCN1CCNC(C)(CC)C1. The topological polar surface area (TPSA) is 15.3 Å². The Labute approximate surface area is 88.4 Å². The van der Waals surface area contributed by atoms with Crippen LogP contribution in [-0.4, -0.2) is 36.6 Å². The van der Waals surface area contributed by atoms with Crippen molar-refractivity contribution in [3.8, 4) is 0 Å². The van der Waals surface area contributed by atoms with Gasteiger partial charge in [-0.15, -0.1) is 0 Å². The molecule has 1 saturated heterocycles. The molecule has 1 rings (SSSR count). The minimum Gasteiger partial charge on any atom is -0.309 e. The van der Waals surface area contributed by atoms with Gasteiger partial charge in [0.15, 0.2) is 0 Å². The first kappa shape index (κ1) is 11.7. The highest BCUT2D eigenvalue weighted by Crippen LogP contribution is 2.15. The number of rotatable bonds is 4. The molecular weight excluding hydrogens is 172 g/mol. The van der Waals surface area contributed by atoms with E-state index >= 15 is 0 Å². The zero-order valence-electron chi connectivity index (χ0n) is 9.84. The van der Waals surface area contributed by atoms with Crippen molar-refractivity contribution in [1.29, 1.82) is 0 Å². The van der Waals surface area contributed by atoms with E-state index in [-0.39, 0.29) is 0 Å². The third kappa shape index (κ3) is 3.43. The fourth-order valence-electron chi connectivity index (χ4n) is 2.00. The zero-order valence-corrected chi connectivity index (χ0v) is 9.84. The molecule has 0 aliphatic carbocycles. The maximum Gasteiger partial charge on any atom is 0.0278 e. The van der Waals surface area contributed by atoms with Crippen molar-refractivity contribution in [2.24, 2.45) is 0 Å². The molecule has 0 aromatic carbocycles. The summed E-state index contributed by atoms with van der Waals surface area (Å²) in [6.07, 6.45) is 6.80. The van der Waals surface area contributed by atoms with E-state index in [4.69, 9.17) is 0 Å². The quantitative estimate of drug-likeness (QED) is 0.692. The summed E-state index contributed by atoms with van der Waals surface area (Å²) in [5.41, 5.74) is 0.341. The molecule has 0 saturated carbocycles. The Morgan fingerprint density at radius 3 is 2.93 bits per heavy atom. The Kier molecular flexibility index (Phi) is 4.63. The lowest BCUT2D eigenvalue weighted by Gasteiger charge is -2.41. The molecule has 2 nitrogen and oxygen atoms in total. The van der Waals surface area contributed by atoms with E-state index in [0.29, 0.717) is 5.54 Å². The number of allylic oxidation sites excluding steroid dienone is 1. The summed E-state index contributed by atoms with van der Waals surface area (Å²) >= 11 is 0. The van der Waals surface area contributed by atoms with Crippen LogP contribution >= 0.6 is 0 Å². The van der Waals surface area contributed by atoms with E-state index in [2.05, 4.69) is 43.1 Å². The van der Waals surface area contributed by atoms with Crippen LogP contribution in [-0.2, 0) is 0 Å². The summed E-state index contributed by atoms with van der Waals surface area (Å²) in [6, 6.07) is 0.